The Balaban J connectivity index is 1.77. The minimum atomic E-state index is -1.75. The number of rotatable bonds is 3. The quantitative estimate of drug-likeness (QED) is 0.328. The van der Waals surface area contributed by atoms with Crippen molar-refractivity contribution < 1.29 is 0 Å². The van der Waals surface area contributed by atoms with Crippen molar-refractivity contribution in [3.8, 4) is 0 Å². The van der Waals surface area contributed by atoms with Gasteiger partial charge in [0.1, 0.15) is 0 Å². The Labute approximate surface area is 155 Å². The molecule has 0 amide bonds. The lowest BCUT2D eigenvalue weighted by molar-refractivity contribution is 0.135. The van der Waals surface area contributed by atoms with Gasteiger partial charge >= 0.3 is 6.06 Å². The maximum atomic E-state index is 2.92. The van der Waals surface area contributed by atoms with Gasteiger partial charge in [0.15, 0.2) is 0 Å². The van der Waals surface area contributed by atoms with Crippen LogP contribution in [0.25, 0.3) is 0 Å². The van der Waals surface area contributed by atoms with E-state index < -0.39 is 6.06 Å². The molecular weight excluding hydrogens is 419 g/mol. The zero-order valence-corrected chi connectivity index (χ0v) is 18.2. The van der Waals surface area contributed by atoms with Crippen LogP contribution >= 0.6 is 21.8 Å². The third-order valence-corrected chi connectivity index (χ3v) is 15.6. The SMILES string of the molecule is CN1CCN([Si](I)(N2CCN(C)CC2)N2CCN(C)CC2)CC1. The number of hydrogen-bond acceptors (Lipinski definition) is 6. The summed E-state index contributed by atoms with van der Waals surface area (Å²) in [6.45, 7) is 14.8. The van der Waals surface area contributed by atoms with E-state index in [1.54, 1.807) is 0 Å². The Bertz CT molecular complexity index is 321. The van der Waals surface area contributed by atoms with Gasteiger partial charge in [0.05, 0.1) is 0 Å². The van der Waals surface area contributed by atoms with Crippen molar-refractivity contribution in [2.45, 2.75) is 0 Å². The summed E-state index contributed by atoms with van der Waals surface area (Å²) in [7, 11) is 6.79. The van der Waals surface area contributed by atoms with Crippen molar-refractivity contribution in [1.29, 1.82) is 0 Å². The van der Waals surface area contributed by atoms with E-state index in [4.69, 9.17) is 0 Å². The van der Waals surface area contributed by atoms with Crippen molar-refractivity contribution in [3.05, 3.63) is 0 Å². The van der Waals surface area contributed by atoms with E-state index in [1.165, 1.54) is 78.5 Å². The second kappa shape index (κ2) is 7.94. The number of nitrogens with zero attached hydrogens (tertiary/aromatic N) is 6. The predicted octanol–water partition coefficient (Wildman–Crippen LogP) is -0.401. The molecule has 6 nitrogen and oxygen atoms in total. The summed E-state index contributed by atoms with van der Waals surface area (Å²) in [5.41, 5.74) is 0. The van der Waals surface area contributed by atoms with Crippen molar-refractivity contribution in [1.82, 2.24) is 28.4 Å². The van der Waals surface area contributed by atoms with Crippen LogP contribution in [0.15, 0.2) is 0 Å². The van der Waals surface area contributed by atoms with Crippen LogP contribution in [0.4, 0.5) is 0 Å². The molecule has 0 unspecified atom stereocenters. The Hall–Kier alpha value is 0.707. The molecule has 3 saturated heterocycles. The molecule has 0 atom stereocenters. The first-order valence-corrected chi connectivity index (χ1v) is 14.0. The monoisotopic (exact) mass is 452 g/mol. The zero-order valence-electron chi connectivity index (χ0n) is 15.0. The highest BCUT2D eigenvalue weighted by Crippen LogP contribution is 2.30. The summed E-state index contributed by atoms with van der Waals surface area (Å²) in [6.07, 6.45) is 0. The van der Waals surface area contributed by atoms with Gasteiger partial charge in [0.2, 0.25) is 0 Å². The standard InChI is InChI=1S/C15H33IN6Si/c1-17-4-10-20(11-5-17)23(16,21-12-6-18(2)7-13-21)22-14-8-19(3)9-15-22/h4-15H2,1-3H3. The van der Waals surface area contributed by atoms with Crippen LogP contribution in [-0.4, -0.2) is 134 Å². The molecule has 3 heterocycles. The van der Waals surface area contributed by atoms with E-state index in [-0.39, 0.29) is 0 Å². The average molecular weight is 452 g/mol. The molecule has 0 aromatic carbocycles. The Kier molecular flexibility index (Phi) is 6.39. The van der Waals surface area contributed by atoms with Gasteiger partial charge in [-0.15, -0.1) is 0 Å². The predicted molar refractivity (Wildman–Crippen MR) is 107 cm³/mol. The molecule has 0 aliphatic carbocycles. The first-order valence-electron chi connectivity index (χ1n) is 9.00. The lowest BCUT2D eigenvalue weighted by Gasteiger charge is -2.55. The molecule has 134 valence electrons. The molecule has 3 aliphatic heterocycles. The van der Waals surface area contributed by atoms with E-state index in [2.05, 4.69) is 71.3 Å². The fraction of sp³-hybridized carbons (Fsp3) is 1.00. The molecule has 0 aromatic heterocycles. The Morgan fingerprint density at radius 1 is 0.478 bits per heavy atom. The summed E-state index contributed by atoms with van der Waals surface area (Å²) < 4.78 is 8.64. The van der Waals surface area contributed by atoms with Crippen LogP contribution in [0.3, 0.4) is 0 Å². The number of likely N-dealkylation sites (N-methyl/N-ethyl adjacent to an activating group) is 3. The second-order valence-electron chi connectivity index (χ2n) is 7.42. The maximum absolute atomic E-state index is 2.92. The Morgan fingerprint density at radius 3 is 0.913 bits per heavy atom. The molecular formula is C15H33IN6Si. The molecule has 3 rings (SSSR count). The number of hydrogen-bond donors (Lipinski definition) is 0. The molecule has 0 saturated carbocycles. The first-order chi connectivity index (χ1) is 11.0. The molecule has 0 aromatic rings. The van der Waals surface area contributed by atoms with Gasteiger partial charge in [0.25, 0.3) is 0 Å². The normalized spacial score (nSPS) is 29.2. The van der Waals surface area contributed by atoms with Crippen molar-refractivity contribution in [2.24, 2.45) is 0 Å². The number of halogens is 1. The smallest absolute Gasteiger partial charge is 0.304 e. The van der Waals surface area contributed by atoms with Crippen molar-refractivity contribution in [3.63, 3.8) is 0 Å². The third kappa shape index (κ3) is 4.10. The highest BCUT2D eigenvalue weighted by Gasteiger charge is 2.51. The van der Waals surface area contributed by atoms with Crippen LogP contribution in [-0.2, 0) is 0 Å². The van der Waals surface area contributed by atoms with Crippen molar-refractivity contribution in [2.75, 3.05) is 99.7 Å². The van der Waals surface area contributed by atoms with Gasteiger partial charge in [-0.05, 0) is 21.1 Å². The van der Waals surface area contributed by atoms with E-state index in [0.29, 0.717) is 0 Å². The van der Waals surface area contributed by atoms with E-state index in [0.717, 1.165) is 0 Å². The summed E-state index contributed by atoms with van der Waals surface area (Å²) in [4.78, 5) is 7.45. The van der Waals surface area contributed by atoms with Gasteiger partial charge < -0.3 is 14.7 Å². The highest BCUT2D eigenvalue weighted by atomic mass is 127. The van der Waals surface area contributed by atoms with Crippen LogP contribution in [0.5, 0.6) is 0 Å². The molecule has 8 heteroatoms. The minimum Gasteiger partial charge on any atom is -0.304 e. The molecule has 0 spiro atoms. The molecule has 23 heavy (non-hydrogen) atoms. The molecule has 3 fully saturated rings. The largest absolute Gasteiger partial charge is 0.359 e. The minimum absolute atomic E-state index is 1.22. The van der Waals surface area contributed by atoms with Gasteiger partial charge in [-0.2, -0.15) is 0 Å². The first kappa shape index (κ1) is 18.5. The van der Waals surface area contributed by atoms with Crippen LogP contribution < -0.4 is 0 Å². The van der Waals surface area contributed by atoms with Crippen LogP contribution in [0.2, 0.25) is 0 Å². The summed E-state index contributed by atoms with van der Waals surface area (Å²) in [5.74, 6) is 0. The maximum Gasteiger partial charge on any atom is 0.359 e. The van der Waals surface area contributed by atoms with Crippen LogP contribution in [0, 0.1) is 0 Å². The number of piperazine rings is 3. The second-order valence-corrected chi connectivity index (χ2v) is 14.8. The molecule has 0 radical (unpaired) electrons. The van der Waals surface area contributed by atoms with E-state index in [9.17, 15) is 0 Å². The third-order valence-electron chi connectivity index (χ3n) is 5.72. The Morgan fingerprint density at radius 2 is 0.696 bits per heavy atom. The van der Waals surface area contributed by atoms with Gasteiger partial charge in [-0.3, -0.25) is 13.7 Å². The van der Waals surface area contributed by atoms with Crippen molar-refractivity contribution >= 4 is 27.9 Å². The van der Waals surface area contributed by atoms with Crippen LogP contribution in [0.1, 0.15) is 0 Å². The summed E-state index contributed by atoms with van der Waals surface area (Å²) >= 11 is 2.92. The van der Waals surface area contributed by atoms with Gasteiger partial charge in [0, 0.05) is 78.5 Å². The van der Waals surface area contributed by atoms with E-state index >= 15 is 0 Å². The fourth-order valence-electron chi connectivity index (χ4n) is 3.87. The van der Waals surface area contributed by atoms with Gasteiger partial charge in [-0.25, -0.2) is 0 Å². The lowest BCUT2D eigenvalue weighted by atomic mass is 10.4. The highest BCUT2D eigenvalue weighted by molar-refractivity contribution is 14.1. The summed E-state index contributed by atoms with van der Waals surface area (Å²) in [5, 5.41) is 0. The lowest BCUT2D eigenvalue weighted by Crippen LogP contribution is -2.77. The topological polar surface area (TPSA) is 19.4 Å². The molecule has 0 N–H and O–H groups in total. The molecule has 3 aliphatic rings. The van der Waals surface area contributed by atoms with Gasteiger partial charge in [-0.1, -0.05) is 21.8 Å². The molecule has 0 bridgehead atoms. The average Bonchev–Trinajstić information content (AvgIpc) is 2.56. The fourth-order valence-corrected chi connectivity index (χ4v) is 11.7. The van der Waals surface area contributed by atoms with E-state index in [1.807, 2.05) is 0 Å². The summed E-state index contributed by atoms with van der Waals surface area (Å²) in [6, 6.07) is -1.75. The zero-order chi connectivity index (χ0) is 16.4.